The van der Waals surface area contributed by atoms with Crippen LogP contribution in [0.5, 0.6) is 0 Å². The van der Waals surface area contributed by atoms with Crippen LogP contribution in [-0.2, 0) is 0 Å². The van der Waals surface area contributed by atoms with E-state index < -0.39 is 0 Å². The predicted octanol–water partition coefficient (Wildman–Crippen LogP) is 3.72. The molecule has 0 saturated carbocycles. The maximum atomic E-state index is 13.6. The van der Waals surface area contributed by atoms with E-state index in [4.69, 9.17) is 0 Å². The summed E-state index contributed by atoms with van der Waals surface area (Å²) in [6.45, 7) is 6.60. The Hall–Kier alpha value is -1.97. The van der Waals surface area contributed by atoms with E-state index in [0.29, 0.717) is 17.0 Å². The minimum Gasteiger partial charge on any atom is -0.370 e. The molecule has 0 aliphatic carbocycles. The molecule has 4 heteroatoms. The zero-order valence-corrected chi connectivity index (χ0v) is 11.5. The van der Waals surface area contributed by atoms with Crippen molar-refractivity contribution in [1.82, 2.24) is 9.97 Å². The van der Waals surface area contributed by atoms with E-state index in [1.165, 1.54) is 6.07 Å². The van der Waals surface area contributed by atoms with Gasteiger partial charge in [0.15, 0.2) is 5.82 Å². The van der Waals surface area contributed by atoms with Gasteiger partial charge in [-0.2, -0.15) is 0 Å². The molecule has 0 bridgehead atoms. The summed E-state index contributed by atoms with van der Waals surface area (Å²) in [6, 6.07) is 6.96. The molecule has 1 heterocycles. The molecule has 0 spiro atoms. The molecule has 0 radical (unpaired) electrons. The van der Waals surface area contributed by atoms with Gasteiger partial charge in [-0.05, 0) is 31.9 Å². The molecule has 0 amide bonds. The van der Waals surface area contributed by atoms with Crippen LogP contribution in [0.4, 0.5) is 10.2 Å². The molecule has 0 fully saturated rings. The minimum absolute atomic E-state index is 0.231. The first-order valence-corrected chi connectivity index (χ1v) is 6.46. The van der Waals surface area contributed by atoms with Crippen molar-refractivity contribution in [2.75, 3.05) is 11.9 Å². The first-order chi connectivity index (χ1) is 9.10. The molecule has 2 aromatic rings. The summed E-state index contributed by atoms with van der Waals surface area (Å²) in [5.41, 5.74) is 2.19. The number of benzene rings is 1. The summed E-state index contributed by atoms with van der Waals surface area (Å²) in [5, 5.41) is 3.23. The van der Waals surface area contributed by atoms with Crippen molar-refractivity contribution in [2.24, 2.45) is 0 Å². The number of nitrogens with one attached hydrogen (secondary N) is 1. The number of hydrogen-bond acceptors (Lipinski definition) is 3. The highest BCUT2D eigenvalue weighted by Crippen LogP contribution is 2.20. The fraction of sp³-hybridized carbons (Fsp3) is 0.333. The summed E-state index contributed by atoms with van der Waals surface area (Å²) in [7, 11) is 0. The Bertz CT molecular complexity index is 582. The summed E-state index contributed by atoms with van der Waals surface area (Å²) in [4.78, 5) is 8.79. The lowest BCUT2D eigenvalue weighted by molar-refractivity contribution is 0.619. The molecule has 1 aromatic heterocycles. The number of aromatic nitrogens is 2. The van der Waals surface area contributed by atoms with Crippen LogP contribution < -0.4 is 5.32 Å². The van der Waals surface area contributed by atoms with Crippen LogP contribution >= 0.6 is 0 Å². The molecule has 0 aliphatic heterocycles. The molecule has 0 saturated heterocycles. The van der Waals surface area contributed by atoms with Gasteiger partial charge in [-0.3, -0.25) is 0 Å². The number of aryl methyl sites for hydroxylation is 2. The molecule has 0 atom stereocenters. The van der Waals surface area contributed by atoms with Crippen LogP contribution in [-0.4, -0.2) is 16.5 Å². The van der Waals surface area contributed by atoms with E-state index in [2.05, 4.69) is 22.2 Å². The standard InChI is InChI=1S/C15H18FN3/c1-4-7-17-14-8-11(3)18-15(19-14)12-6-5-10(2)13(16)9-12/h5-6,8-9H,4,7H2,1-3H3,(H,17,18,19). The van der Waals surface area contributed by atoms with E-state index in [-0.39, 0.29) is 5.82 Å². The Kier molecular flexibility index (Phi) is 4.10. The molecular formula is C15H18FN3. The van der Waals surface area contributed by atoms with Gasteiger partial charge in [-0.1, -0.05) is 19.1 Å². The zero-order chi connectivity index (χ0) is 13.8. The van der Waals surface area contributed by atoms with Gasteiger partial charge in [0.25, 0.3) is 0 Å². The zero-order valence-electron chi connectivity index (χ0n) is 11.5. The number of halogens is 1. The van der Waals surface area contributed by atoms with Gasteiger partial charge in [0.2, 0.25) is 0 Å². The smallest absolute Gasteiger partial charge is 0.161 e. The maximum Gasteiger partial charge on any atom is 0.161 e. The van der Waals surface area contributed by atoms with Crippen LogP contribution in [0.3, 0.4) is 0 Å². The molecular weight excluding hydrogens is 241 g/mol. The lowest BCUT2D eigenvalue weighted by Gasteiger charge is -2.08. The Labute approximate surface area is 112 Å². The first kappa shape index (κ1) is 13.5. The summed E-state index contributed by atoms with van der Waals surface area (Å²) >= 11 is 0. The van der Waals surface area contributed by atoms with Crippen molar-refractivity contribution in [3.8, 4) is 11.4 Å². The molecule has 2 rings (SSSR count). The maximum absolute atomic E-state index is 13.6. The highest BCUT2D eigenvalue weighted by atomic mass is 19.1. The second kappa shape index (κ2) is 5.78. The second-order valence-corrected chi connectivity index (χ2v) is 4.61. The van der Waals surface area contributed by atoms with Crippen molar-refractivity contribution < 1.29 is 4.39 Å². The average Bonchev–Trinajstić information content (AvgIpc) is 2.39. The molecule has 19 heavy (non-hydrogen) atoms. The molecule has 3 nitrogen and oxygen atoms in total. The highest BCUT2D eigenvalue weighted by molar-refractivity contribution is 5.58. The monoisotopic (exact) mass is 259 g/mol. The van der Waals surface area contributed by atoms with Crippen molar-refractivity contribution in [2.45, 2.75) is 27.2 Å². The number of rotatable bonds is 4. The van der Waals surface area contributed by atoms with E-state index in [1.54, 1.807) is 13.0 Å². The third-order valence-corrected chi connectivity index (χ3v) is 2.84. The summed E-state index contributed by atoms with van der Waals surface area (Å²) < 4.78 is 13.6. The highest BCUT2D eigenvalue weighted by Gasteiger charge is 2.07. The minimum atomic E-state index is -0.231. The van der Waals surface area contributed by atoms with E-state index in [0.717, 1.165) is 24.5 Å². The van der Waals surface area contributed by atoms with Gasteiger partial charge in [-0.15, -0.1) is 0 Å². The van der Waals surface area contributed by atoms with Gasteiger partial charge in [-0.25, -0.2) is 14.4 Å². The Morgan fingerprint density at radius 3 is 2.63 bits per heavy atom. The van der Waals surface area contributed by atoms with Crippen LogP contribution in [0.1, 0.15) is 24.6 Å². The predicted molar refractivity (Wildman–Crippen MR) is 75.7 cm³/mol. The summed E-state index contributed by atoms with van der Waals surface area (Å²) in [5.74, 6) is 1.11. The first-order valence-electron chi connectivity index (χ1n) is 6.46. The van der Waals surface area contributed by atoms with E-state index in [1.807, 2.05) is 19.1 Å². The molecule has 0 aliphatic rings. The van der Waals surface area contributed by atoms with E-state index in [9.17, 15) is 4.39 Å². The summed E-state index contributed by atoms with van der Waals surface area (Å²) in [6.07, 6.45) is 1.03. The number of hydrogen-bond donors (Lipinski definition) is 1. The van der Waals surface area contributed by atoms with Gasteiger partial charge in [0, 0.05) is 23.9 Å². The number of nitrogens with zero attached hydrogens (tertiary/aromatic N) is 2. The van der Waals surface area contributed by atoms with Crippen molar-refractivity contribution in [3.63, 3.8) is 0 Å². The normalized spacial score (nSPS) is 10.5. The largest absolute Gasteiger partial charge is 0.370 e. The van der Waals surface area contributed by atoms with Crippen LogP contribution in [0.15, 0.2) is 24.3 Å². The van der Waals surface area contributed by atoms with Crippen molar-refractivity contribution in [3.05, 3.63) is 41.3 Å². The third kappa shape index (κ3) is 3.28. The lowest BCUT2D eigenvalue weighted by atomic mass is 10.1. The Morgan fingerprint density at radius 1 is 1.16 bits per heavy atom. The third-order valence-electron chi connectivity index (χ3n) is 2.84. The van der Waals surface area contributed by atoms with Crippen LogP contribution in [0.2, 0.25) is 0 Å². The molecule has 1 N–H and O–H groups in total. The second-order valence-electron chi connectivity index (χ2n) is 4.61. The van der Waals surface area contributed by atoms with E-state index >= 15 is 0 Å². The van der Waals surface area contributed by atoms with Crippen molar-refractivity contribution >= 4 is 5.82 Å². The lowest BCUT2D eigenvalue weighted by Crippen LogP contribution is -2.04. The average molecular weight is 259 g/mol. The van der Waals surface area contributed by atoms with Gasteiger partial charge < -0.3 is 5.32 Å². The van der Waals surface area contributed by atoms with Gasteiger partial charge in [0.05, 0.1) is 0 Å². The fourth-order valence-electron chi connectivity index (χ4n) is 1.77. The molecule has 1 aromatic carbocycles. The molecule has 100 valence electrons. The Morgan fingerprint density at radius 2 is 1.95 bits per heavy atom. The molecule has 0 unspecified atom stereocenters. The van der Waals surface area contributed by atoms with Gasteiger partial charge in [0.1, 0.15) is 11.6 Å². The topological polar surface area (TPSA) is 37.8 Å². The SMILES string of the molecule is CCCNc1cc(C)nc(-c2ccc(C)c(F)c2)n1. The Balaban J connectivity index is 2.37. The van der Waals surface area contributed by atoms with Gasteiger partial charge >= 0.3 is 0 Å². The van der Waals surface area contributed by atoms with Crippen LogP contribution in [0.25, 0.3) is 11.4 Å². The fourth-order valence-corrected chi connectivity index (χ4v) is 1.77. The number of anilines is 1. The van der Waals surface area contributed by atoms with Crippen molar-refractivity contribution in [1.29, 1.82) is 0 Å². The quantitative estimate of drug-likeness (QED) is 0.909. The van der Waals surface area contributed by atoms with Crippen LogP contribution in [0, 0.1) is 19.7 Å².